The average Bonchev–Trinajstić information content (AvgIpc) is 0.953. The van der Waals surface area contributed by atoms with Crippen LogP contribution in [-0.4, -0.2) is 101 Å². The van der Waals surface area contributed by atoms with E-state index in [9.17, 15) is 15.0 Å². The van der Waals surface area contributed by atoms with Crippen LogP contribution in [0.2, 0.25) is 15.7 Å². The van der Waals surface area contributed by atoms with Crippen molar-refractivity contribution in [3.8, 4) is 40.6 Å². The number of ether oxygens (including phenoxy) is 3. The van der Waals surface area contributed by atoms with Crippen LogP contribution in [-0.2, 0) is 24.9 Å². The Morgan fingerprint density at radius 1 is 0.472 bits per heavy atom. The molecule has 0 saturated heterocycles. The summed E-state index contributed by atoms with van der Waals surface area (Å²) in [5.74, 6) is 8.62. The third-order valence-electron chi connectivity index (χ3n) is 18.1. The molecule has 0 atom stereocenters. The van der Waals surface area contributed by atoms with Gasteiger partial charge < -0.3 is 69.0 Å². The molecule has 3 aliphatic carbocycles. The Balaban J connectivity index is 0.000000210. The summed E-state index contributed by atoms with van der Waals surface area (Å²) in [6.07, 6.45) is 14.3. The van der Waals surface area contributed by atoms with Crippen LogP contribution in [0.25, 0.3) is 43.1 Å². The zero-order valence-corrected chi connectivity index (χ0v) is 79.4. The number of rotatable bonds is 15. The van der Waals surface area contributed by atoms with E-state index < -0.39 is 10.3 Å². The predicted octanol–water partition coefficient (Wildman–Crippen LogP) is 18.1. The second-order valence-electron chi connectivity index (χ2n) is 31.7. The van der Waals surface area contributed by atoms with Crippen LogP contribution in [0.3, 0.4) is 0 Å². The Hall–Kier alpha value is -10.2. The zero-order chi connectivity index (χ0) is 89.1. The molecule has 6 heterocycles. The molecule has 3 saturated carbocycles. The minimum Gasteiger partial charge on any atom is -0.850 e. The van der Waals surface area contributed by atoms with Crippen molar-refractivity contribution in [2.45, 2.75) is 117 Å². The topological polar surface area (TPSA) is 422 Å². The van der Waals surface area contributed by atoms with E-state index in [1.807, 2.05) is 154 Å². The third-order valence-corrected chi connectivity index (χ3v) is 18.7. The second-order valence-corrected chi connectivity index (χ2v) is 33.6. The van der Waals surface area contributed by atoms with Gasteiger partial charge in [0.1, 0.15) is 39.8 Å². The van der Waals surface area contributed by atoms with Crippen LogP contribution >= 0.6 is 70.4 Å². The van der Waals surface area contributed by atoms with Gasteiger partial charge in [-0.25, -0.2) is 29.7 Å². The number of phenolic OH excluding ortho intramolecular Hbond substituents is 1. The van der Waals surface area contributed by atoms with Crippen molar-refractivity contribution in [3.05, 3.63) is 234 Å². The van der Waals surface area contributed by atoms with E-state index in [4.69, 9.17) is 82.5 Å². The Bertz CT molecular complexity index is 5760. The molecule has 28 nitrogen and oxygen atoms in total. The number of carbonyl (C=O) groups is 2. The minimum atomic E-state index is -0.889. The number of hydrogen-bond acceptors (Lipinski definition) is 24. The van der Waals surface area contributed by atoms with E-state index in [0.29, 0.717) is 69.1 Å². The minimum absolute atomic E-state index is 0. The molecule has 654 valence electrons. The Labute approximate surface area is 801 Å². The number of nitrogens with two attached hydrogens (primary N) is 5. The summed E-state index contributed by atoms with van der Waals surface area (Å²) >= 11 is 25.3. The van der Waals surface area contributed by atoms with Crippen molar-refractivity contribution in [2.24, 2.45) is 37.6 Å². The van der Waals surface area contributed by atoms with E-state index in [0.717, 1.165) is 109 Å². The standard InChI is InChI=1S/C27H31N7O2.C18H18N4O.C14H10ClN3O.C10H9NO.C8H15N3.C4H2Cl2N2.C4H9N.C4H9O.CCl2O.ClH.K/c1-27(2,3)22-15-23(34(4)33-22)31-26(35)30-20-11-12-21(19-8-6-5-7-18(19)20)36-24-13-14-28-25(32-24)29-16-17-9-10-17;19-15-7-8-16(14-4-2-1-3-13(14)15)23-17-9-10-20-18(22-17)21-11-12-5-6-12;15-14-17-8-7-13(18-14)19-12-6-5-11(16)9-3-1-2-4-10(9)12;11-9-5-6-10(12)8-4-2-1-3-7(8)9;1-8(2,3)6-5-7(9)11(4)10-6;5-3-1-2-7-4(6)8-3;5-3-4-1-2-4;1-4(2,3)5;2-1(3)4;;/h5-8,11-15,17H,9-10,16H2,1-4H3,(H,28,29,32)(H2,30,31,35);1-4,7-10,12H,5-6,11,19H2,(H,20,21,22);1-8H,16H2;1-6,12H,11H2;5H,9H2,1-4H3;1-2H;4H,1-3,5H2;1-3H3;;1H;/q;;;;;;;-1;;;+1. The molecule has 0 unspecified atom stereocenters. The molecule has 3 aliphatic rings. The molecular formula is C90H104Cl6KN21O7. The number of nitrogens with zero attached hydrogens (tertiary/aromatic N) is 12. The Morgan fingerprint density at radius 3 is 1.19 bits per heavy atom. The maximum atomic E-state index is 12.8. The molecule has 17 rings (SSSR count). The van der Waals surface area contributed by atoms with Crippen LogP contribution in [0.1, 0.15) is 112 Å². The number of carbonyl (C=O) groups excluding carboxylic acids is 2. The van der Waals surface area contributed by atoms with Crippen molar-refractivity contribution < 1.29 is 85.4 Å². The fourth-order valence-corrected chi connectivity index (χ4v) is 11.5. The Kier molecular flexibility index (Phi) is 39.5. The molecule has 8 aromatic carbocycles. The van der Waals surface area contributed by atoms with E-state index in [1.165, 1.54) is 44.7 Å². The van der Waals surface area contributed by atoms with Crippen molar-refractivity contribution in [2.75, 3.05) is 63.8 Å². The number of fused-ring (bicyclic) bond motifs is 4. The number of anilines is 8. The van der Waals surface area contributed by atoms with E-state index in [-0.39, 0.29) is 97.0 Å². The van der Waals surface area contributed by atoms with Gasteiger partial charge in [0, 0.05) is 153 Å². The number of halogens is 6. The molecule has 2 amide bonds. The quantitative estimate of drug-likeness (QED) is 0.0114. The first-order valence-corrected chi connectivity index (χ1v) is 41.3. The van der Waals surface area contributed by atoms with Crippen molar-refractivity contribution in [1.29, 1.82) is 0 Å². The second kappa shape index (κ2) is 48.5. The summed E-state index contributed by atoms with van der Waals surface area (Å²) in [4.78, 5) is 54.3. The third kappa shape index (κ3) is 34.6. The molecule has 0 aliphatic heterocycles. The van der Waals surface area contributed by atoms with Gasteiger partial charge in [-0.2, -0.15) is 25.1 Å². The van der Waals surface area contributed by atoms with Gasteiger partial charge in [-0.1, -0.05) is 171 Å². The normalized spacial score (nSPS) is 12.3. The molecule has 0 spiro atoms. The number of amides is 2. The molecule has 15 N–H and O–H groups in total. The van der Waals surface area contributed by atoms with Crippen molar-refractivity contribution in [3.63, 3.8) is 0 Å². The summed E-state index contributed by atoms with van der Waals surface area (Å²) in [5.41, 5.74) is 32.5. The number of nitrogens with one attached hydrogen (secondary N) is 4. The predicted molar refractivity (Wildman–Crippen MR) is 503 cm³/mol. The van der Waals surface area contributed by atoms with E-state index in [1.54, 1.807) is 91.2 Å². The number of phenols is 1. The first kappa shape index (κ1) is 102. The summed E-state index contributed by atoms with van der Waals surface area (Å²) in [6.45, 7) is 20.2. The molecular weight excluding hydrogens is 1740 g/mol. The number of nitrogen functional groups attached to an aromatic ring is 4. The van der Waals surface area contributed by atoms with Crippen molar-refractivity contribution >= 4 is 171 Å². The number of aryl methyl sites for hydroxylation is 2. The molecule has 125 heavy (non-hydrogen) atoms. The van der Waals surface area contributed by atoms with E-state index in [2.05, 4.69) is 136 Å². The smallest absolute Gasteiger partial charge is 0.850 e. The first-order chi connectivity index (χ1) is 58.4. The molecule has 3 fully saturated rings. The van der Waals surface area contributed by atoms with E-state index >= 15 is 0 Å². The Morgan fingerprint density at radius 2 is 0.832 bits per heavy atom. The van der Waals surface area contributed by atoms with Gasteiger partial charge in [0.25, 0.3) is 0 Å². The van der Waals surface area contributed by atoms with Gasteiger partial charge in [-0.05, 0) is 164 Å². The van der Waals surface area contributed by atoms with Gasteiger partial charge in [0.15, 0.2) is 0 Å². The van der Waals surface area contributed by atoms with Gasteiger partial charge in [-0.3, -0.25) is 19.5 Å². The van der Waals surface area contributed by atoms with Crippen LogP contribution in [0.15, 0.2) is 207 Å². The van der Waals surface area contributed by atoms with Crippen LogP contribution in [0.5, 0.6) is 40.6 Å². The van der Waals surface area contributed by atoms with Crippen molar-refractivity contribution in [1.82, 2.24) is 59.4 Å². The maximum absolute atomic E-state index is 12.8. The number of hydrogen-bond donors (Lipinski definition) is 10. The fourth-order valence-electron chi connectivity index (χ4n) is 11.1. The number of aromatic nitrogens is 12. The van der Waals surface area contributed by atoms with Gasteiger partial charge in [0.2, 0.25) is 40.1 Å². The van der Waals surface area contributed by atoms with Gasteiger partial charge in [0.05, 0.1) is 17.1 Å². The molecule has 6 aromatic heterocycles. The summed E-state index contributed by atoms with van der Waals surface area (Å²) in [7, 11) is 3.66. The first-order valence-electron chi connectivity index (χ1n) is 39.4. The summed E-state index contributed by atoms with van der Waals surface area (Å²) in [5, 5.41) is 48.6. The summed E-state index contributed by atoms with van der Waals surface area (Å²) in [6, 6.07) is 55.4. The molecule has 14 aromatic rings. The SMILES string of the molecule is CC(C)(C)[O-].Cl.Clc1ccnc(Cl)n1.Cn1nc(C(C)(C)C)cc1N.Cn1nc(C(C)(C)C)cc1NC(=O)Nc1ccc(Oc2ccnc(NCC3CC3)n2)c2ccccc12.NCC1CC1.Nc1ccc(O)c2ccccc12.Nc1ccc(Oc2ccnc(Cl)n2)c2ccccc12.Nc1ccc(Oc2ccnc(NCC3CC3)n2)c2ccccc12.O=C(Cl)Cl.[K+]. The van der Waals surface area contributed by atoms with Gasteiger partial charge in [-0.15, -0.1) is 18.0 Å². The monoisotopic (exact) mass is 1840 g/mol. The van der Waals surface area contributed by atoms with Crippen LogP contribution in [0, 0.1) is 17.8 Å². The number of urea groups is 1. The largest absolute Gasteiger partial charge is 1.00 e. The molecule has 0 radical (unpaired) electrons. The average molecular weight is 1840 g/mol. The van der Waals surface area contributed by atoms with Gasteiger partial charge >= 0.3 is 62.1 Å². The van der Waals surface area contributed by atoms with Crippen LogP contribution < -0.4 is 121 Å². The molecule has 0 bridgehead atoms. The number of aromatic hydroxyl groups is 1. The summed E-state index contributed by atoms with van der Waals surface area (Å²) < 4.78 is 20.3. The number of benzene rings is 8. The zero-order valence-electron chi connectivity index (χ0n) is 71.7. The fraction of sp³-hybridized carbons (Fsp3) is 0.289. The van der Waals surface area contributed by atoms with Crippen LogP contribution in [0.4, 0.5) is 55.9 Å². The molecule has 35 heteroatoms. The maximum Gasteiger partial charge on any atom is 1.00 e.